The van der Waals surface area contributed by atoms with Crippen molar-refractivity contribution in [1.29, 1.82) is 0 Å². The Morgan fingerprint density at radius 2 is 1.67 bits per heavy atom. The average Bonchev–Trinajstić information content (AvgIpc) is 2.88. The summed E-state index contributed by atoms with van der Waals surface area (Å²) in [6.07, 6.45) is 1.01. The molecule has 1 aliphatic heterocycles. The second kappa shape index (κ2) is 12.7. The van der Waals surface area contributed by atoms with Gasteiger partial charge in [-0.2, -0.15) is 0 Å². The van der Waals surface area contributed by atoms with Crippen LogP contribution >= 0.6 is 0 Å². The van der Waals surface area contributed by atoms with Crippen molar-refractivity contribution in [2.45, 2.75) is 37.6 Å². The number of para-hydroxylation sites is 1. The molecular weight excluding hydrogens is 416 g/mol. The molecule has 1 saturated heterocycles. The number of carbonyl (C=O) groups is 1. The summed E-state index contributed by atoms with van der Waals surface area (Å²) in [5.74, 6) is -0.272. The Labute approximate surface area is 195 Å². The van der Waals surface area contributed by atoms with E-state index in [-0.39, 0.29) is 0 Å². The summed E-state index contributed by atoms with van der Waals surface area (Å²) < 4.78 is 5.44. The molecule has 3 aromatic rings. The van der Waals surface area contributed by atoms with Crippen molar-refractivity contribution < 1.29 is 19.7 Å². The molecule has 4 rings (SSSR count). The van der Waals surface area contributed by atoms with Gasteiger partial charge >= 0.3 is 5.97 Å². The van der Waals surface area contributed by atoms with Crippen molar-refractivity contribution in [2.75, 3.05) is 13.7 Å². The number of carboxylic acid groups (broad SMARTS) is 1. The summed E-state index contributed by atoms with van der Waals surface area (Å²) in [7, 11) is 1.73. The minimum absolute atomic E-state index is 0.379. The first kappa shape index (κ1) is 24.5. The fourth-order valence-electron chi connectivity index (χ4n) is 3.99. The molecule has 0 unspecified atom stereocenters. The predicted octanol–water partition coefficient (Wildman–Crippen LogP) is 4.08. The van der Waals surface area contributed by atoms with Crippen LogP contribution in [0, 0.1) is 0 Å². The van der Waals surface area contributed by atoms with E-state index in [1.54, 1.807) is 37.4 Å². The third-order valence-corrected chi connectivity index (χ3v) is 5.71. The molecule has 3 aromatic carbocycles. The van der Waals surface area contributed by atoms with Crippen molar-refractivity contribution >= 4 is 5.97 Å². The number of nitrogens with one attached hydrogen (secondary N) is 2. The van der Waals surface area contributed by atoms with Crippen LogP contribution in [0.4, 0.5) is 0 Å². The van der Waals surface area contributed by atoms with Gasteiger partial charge in [0.1, 0.15) is 5.75 Å². The lowest BCUT2D eigenvalue weighted by molar-refractivity contribution is -0.146. The summed E-state index contributed by atoms with van der Waals surface area (Å²) in [5.41, 5.74) is 2.97. The summed E-state index contributed by atoms with van der Waals surface area (Å²) in [5, 5.41) is 24.8. The highest BCUT2D eigenvalue weighted by molar-refractivity contribution is 5.73. The van der Waals surface area contributed by atoms with Gasteiger partial charge in [-0.15, -0.1) is 0 Å². The molecule has 1 heterocycles. The lowest BCUT2D eigenvalue weighted by atomic mass is 9.92. The highest BCUT2D eigenvalue weighted by Crippen LogP contribution is 2.25. The van der Waals surface area contributed by atoms with Gasteiger partial charge in [-0.3, -0.25) is 0 Å². The second-order valence-corrected chi connectivity index (χ2v) is 7.94. The number of benzene rings is 3. The van der Waals surface area contributed by atoms with Gasteiger partial charge in [0.15, 0.2) is 6.10 Å². The van der Waals surface area contributed by atoms with Crippen LogP contribution in [0.15, 0.2) is 84.9 Å². The topological polar surface area (TPSA) is 90.8 Å². The van der Waals surface area contributed by atoms with E-state index in [1.165, 1.54) is 24.0 Å². The minimum atomic E-state index is -1.41. The normalized spacial score (nSPS) is 18.5. The summed E-state index contributed by atoms with van der Waals surface area (Å²) in [4.78, 5) is 10.2. The molecule has 174 valence electrons. The number of hydrogen-bond acceptors (Lipinski definition) is 5. The number of ether oxygens (including phenoxy) is 1. The third-order valence-electron chi connectivity index (χ3n) is 5.71. The van der Waals surface area contributed by atoms with Crippen LogP contribution in [0.5, 0.6) is 5.75 Å². The van der Waals surface area contributed by atoms with Crippen molar-refractivity contribution in [3.63, 3.8) is 0 Å². The molecule has 0 spiro atoms. The first-order chi connectivity index (χ1) is 16.1. The highest BCUT2D eigenvalue weighted by atomic mass is 16.5. The van der Waals surface area contributed by atoms with Crippen molar-refractivity contribution in [3.05, 3.63) is 102 Å². The molecule has 6 nitrogen and oxygen atoms in total. The Hall–Kier alpha value is -3.19. The molecule has 1 fully saturated rings. The van der Waals surface area contributed by atoms with E-state index < -0.39 is 12.1 Å². The molecule has 6 heteroatoms. The molecule has 0 radical (unpaired) electrons. The number of aliphatic hydroxyl groups is 1. The largest absolute Gasteiger partial charge is 0.496 e. The summed E-state index contributed by atoms with van der Waals surface area (Å²) in [6.45, 7) is 1.92. The smallest absolute Gasteiger partial charge is 0.337 e. The first-order valence-electron chi connectivity index (χ1n) is 11.2. The van der Waals surface area contributed by atoms with Crippen LogP contribution in [0.3, 0.4) is 0 Å². The number of piperidine rings is 1. The van der Waals surface area contributed by atoms with E-state index in [9.17, 15) is 4.79 Å². The average molecular weight is 449 g/mol. The van der Waals surface area contributed by atoms with E-state index >= 15 is 0 Å². The molecule has 3 atom stereocenters. The molecule has 33 heavy (non-hydrogen) atoms. The Balaban J connectivity index is 0.000000235. The fourth-order valence-corrected chi connectivity index (χ4v) is 3.99. The maximum absolute atomic E-state index is 10.2. The first-order valence-corrected chi connectivity index (χ1v) is 11.2. The van der Waals surface area contributed by atoms with Gasteiger partial charge in [-0.1, -0.05) is 78.9 Å². The maximum atomic E-state index is 10.2. The Bertz CT molecular complexity index is 982. The number of carboxylic acids is 1. The monoisotopic (exact) mass is 448 g/mol. The van der Waals surface area contributed by atoms with Gasteiger partial charge in [0.05, 0.1) is 7.11 Å². The van der Waals surface area contributed by atoms with E-state index in [2.05, 4.69) is 53.1 Å². The van der Waals surface area contributed by atoms with E-state index in [1.807, 2.05) is 12.1 Å². The summed E-state index contributed by atoms with van der Waals surface area (Å²) in [6, 6.07) is 28.0. The maximum Gasteiger partial charge on any atom is 0.337 e. The number of methoxy groups -OCH3 is 1. The highest BCUT2D eigenvalue weighted by Gasteiger charge is 2.25. The number of aliphatic hydroxyl groups excluding tert-OH is 1. The zero-order valence-corrected chi connectivity index (χ0v) is 18.9. The Kier molecular flexibility index (Phi) is 9.44. The summed E-state index contributed by atoms with van der Waals surface area (Å²) >= 11 is 0. The van der Waals surface area contributed by atoms with Crippen molar-refractivity contribution in [1.82, 2.24) is 10.6 Å². The molecule has 0 bridgehead atoms. The van der Waals surface area contributed by atoms with Gasteiger partial charge < -0.3 is 25.6 Å². The Morgan fingerprint density at radius 3 is 2.33 bits per heavy atom. The zero-order valence-electron chi connectivity index (χ0n) is 18.9. The molecule has 0 aromatic heterocycles. The molecule has 0 amide bonds. The zero-order chi connectivity index (χ0) is 23.5. The number of hydrogen-bond donors (Lipinski definition) is 4. The third kappa shape index (κ3) is 7.15. The van der Waals surface area contributed by atoms with Gasteiger partial charge in [0, 0.05) is 24.2 Å². The minimum Gasteiger partial charge on any atom is -0.496 e. The SMILES string of the molecule is COc1ccccc1CN[C@H]1CCCN[C@H]1c1ccccc1.O=C(O)[C@H](O)c1ccccc1. The second-order valence-electron chi connectivity index (χ2n) is 7.94. The van der Waals surface area contributed by atoms with Crippen molar-refractivity contribution in [3.8, 4) is 5.75 Å². The lowest BCUT2D eigenvalue weighted by Gasteiger charge is -2.34. The molecule has 4 N–H and O–H groups in total. The van der Waals surface area contributed by atoms with Crippen LogP contribution in [-0.2, 0) is 11.3 Å². The van der Waals surface area contributed by atoms with E-state index in [0.29, 0.717) is 17.6 Å². The lowest BCUT2D eigenvalue weighted by Crippen LogP contribution is -2.45. The predicted molar refractivity (Wildman–Crippen MR) is 129 cm³/mol. The van der Waals surface area contributed by atoms with Crippen LogP contribution in [0.2, 0.25) is 0 Å². The van der Waals surface area contributed by atoms with E-state index in [0.717, 1.165) is 18.8 Å². The fraction of sp³-hybridized carbons (Fsp3) is 0.296. The van der Waals surface area contributed by atoms with Crippen molar-refractivity contribution in [2.24, 2.45) is 0 Å². The van der Waals surface area contributed by atoms with Gasteiger partial charge in [0.2, 0.25) is 0 Å². The quantitative estimate of drug-likeness (QED) is 0.435. The van der Waals surface area contributed by atoms with Crippen LogP contribution in [0.1, 0.15) is 41.7 Å². The van der Waals surface area contributed by atoms with Crippen LogP contribution in [-0.4, -0.2) is 35.9 Å². The van der Waals surface area contributed by atoms with Gasteiger partial charge in [-0.05, 0) is 36.6 Å². The Morgan fingerprint density at radius 1 is 1.03 bits per heavy atom. The molecule has 0 aliphatic carbocycles. The van der Waals surface area contributed by atoms with Gasteiger partial charge in [0.25, 0.3) is 0 Å². The van der Waals surface area contributed by atoms with E-state index in [4.69, 9.17) is 14.9 Å². The molecular formula is C27H32N2O4. The van der Waals surface area contributed by atoms with Crippen LogP contribution in [0.25, 0.3) is 0 Å². The molecule has 0 saturated carbocycles. The van der Waals surface area contributed by atoms with Crippen LogP contribution < -0.4 is 15.4 Å². The number of aliphatic carboxylic acids is 1. The molecule has 1 aliphatic rings. The number of rotatable bonds is 7. The van der Waals surface area contributed by atoms with Gasteiger partial charge in [-0.25, -0.2) is 4.79 Å². The standard InChI is InChI=1S/C19H24N2O.C8H8O3/c1-22-18-12-6-5-10-16(18)14-21-17-11-7-13-20-19(17)15-8-3-2-4-9-15;9-7(8(10)11)6-4-2-1-3-5-6/h2-6,8-10,12,17,19-21H,7,11,13-14H2,1H3;1-5,7,9H,(H,10,11)/t17-,19-;7-/m01/s1.